The van der Waals surface area contributed by atoms with Crippen molar-refractivity contribution in [2.75, 3.05) is 11.9 Å². The molecule has 126 valence electrons. The highest BCUT2D eigenvalue weighted by molar-refractivity contribution is 5.97. The molecule has 0 aromatic heterocycles. The number of rotatable bonds is 7. The number of anilines is 1. The van der Waals surface area contributed by atoms with Crippen LogP contribution in [-0.4, -0.2) is 18.4 Å². The van der Waals surface area contributed by atoms with Gasteiger partial charge < -0.3 is 10.6 Å². The Morgan fingerprint density at radius 1 is 0.958 bits per heavy atom. The summed E-state index contributed by atoms with van der Waals surface area (Å²) in [4.78, 5) is 24.4. The summed E-state index contributed by atoms with van der Waals surface area (Å²) in [5.41, 5.74) is 2.30. The van der Waals surface area contributed by atoms with Crippen LogP contribution in [-0.2, 0) is 4.79 Å². The van der Waals surface area contributed by atoms with Gasteiger partial charge in [-0.3, -0.25) is 9.59 Å². The van der Waals surface area contributed by atoms with E-state index in [2.05, 4.69) is 10.6 Å². The summed E-state index contributed by atoms with van der Waals surface area (Å²) in [5, 5.41) is 5.76. The van der Waals surface area contributed by atoms with E-state index in [9.17, 15) is 9.59 Å². The summed E-state index contributed by atoms with van der Waals surface area (Å²) >= 11 is 0. The van der Waals surface area contributed by atoms with E-state index < -0.39 is 0 Å². The SMILES string of the molecule is CCCNC(=O)c1ccc(NC(=O)C(CC)c2ccccc2)cc1. The minimum atomic E-state index is -0.182. The van der Waals surface area contributed by atoms with Gasteiger partial charge in [-0.15, -0.1) is 0 Å². The predicted molar refractivity (Wildman–Crippen MR) is 97.2 cm³/mol. The van der Waals surface area contributed by atoms with Crippen molar-refractivity contribution in [3.8, 4) is 0 Å². The van der Waals surface area contributed by atoms with Crippen molar-refractivity contribution in [3.05, 3.63) is 65.7 Å². The number of carbonyl (C=O) groups excluding carboxylic acids is 2. The predicted octanol–water partition coefficient (Wildman–Crippen LogP) is 3.96. The van der Waals surface area contributed by atoms with Crippen molar-refractivity contribution >= 4 is 17.5 Å². The van der Waals surface area contributed by atoms with Gasteiger partial charge in [-0.05, 0) is 42.7 Å². The van der Waals surface area contributed by atoms with Gasteiger partial charge in [0.2, 0.25) is 5.91 Å². The highest BCUT2D eigenvalue weighted by atomic mass is 16.2. The molecule has 0 aliphatic heterocycles. The molecule has 0 heterocycles. The number of carbonyl (C=O) groups is 2. The third-order valence-electron chi connectivity index (χ3n) is 3.88. The van der Waals surface area contributed by atoms with E-state index in [1.807, 2.05) is 44.2 Å². The lowest BCUT2D eigenvalue weighted by Crippen LogP contribution is -2.24. The molecule has 2 amide bonds. The zero-order chi connectivity index (χ0) is 17.4. The van der Waals surface area contributed by atoms with Crippen LogP contribution in [0, 0.1) is 0 Å². The standard InChI is InChI=1S/C20H24N2O2/c1-3-14-21-19(23)16-10-12-17(13-11-16)22-20(24)18(4-2)15-8-6-5-7-9-15/h5-13,18H,3-4,14H2,1-2H3,(H,21,23)(H,22,24). The van der Waals surface area contributed by atoms with E-state index in [-0.39, 0.29) is 17.7 Å². The van der Waals surface area contributed by atoms with Gasteiger partial charge in [-0.25, -0.2) is 0 Å². The first-order chi connectivity index (χ1) is 11.7. The molecule has 2 rings (SSSR count). The first-order valence-electron chi connectivity index (χ1n) is 8.39. The van der Waals surface area contributed by atoms with Gasteiger partial charge in [0, 0.05) is 17.8 Å². The molecule has 1 atom stereocenters. The van der Waals surface area contributed by atoms with Crippen LogP contribution in [0.3, 0.4) is 0 Å². The Morgan fingerprint density at radius 3 is 2.21 bits per heavy atom. The Hall–Kier alpha value is -2.62. The molecule has 0 fully saturated rings. The van der Waals surface area contributed by atoms with Crippen LogP contribution in [0.4, 0.5) is 5.69 Å². The van der Waals surface area contributed by atoms with Crippen LogP contribution in [0.2, 0.25) is 0 Å². The molecule has 0 saturated heterocycles. The van der Waals surface area contributed by atoms with Gasteiger partial charge >= 0.3 is 0 Å². The normalized spacial score (nSPS) is 11.6. The molecule has 0 aliphatic rings. The first kappa shape index (κ1) is 17.7. The fraction of sp³-hybridized carbons (Fsp3) is 0.300. The number of nitrogens with one attached hydrogen (secondary N) is 2. The van der Waals surface area contributed by atoms with Crippen LogP contribution in [0.25, 0.3) is 0 Å². The summed E-state index contributed by atoms with van der Waals surface area (Å²) in [6.45, 7) is 4.67. The van der Waals surface area contributed by atoms with E-state index in [4.69, 9.17) is 0 Å². The second-order valence-electron chi connectivity index (χ2n) is 5.69. The van der Waals surface area contributed by atoms with E-state index in [1.165, 1.54) is 0 Å². The fourth-order valence-corrected chi connectivity index (χ4v) is 2.53. The zero-order valence-electron chi connectivity index (χ0n) is 14.2. The van der Waals surface area contributed by atoms with Gasteiger partial charge in [0.05, 0.1) is 5.92 Å². The highest BCUT2D eigenvalue weighted by Gasteiger charge is 2.18. The molecule has 2 N–H and O–H groups in total. The topological polar surface area (TPSA) is 58.2 Å². The van der Waals surface area contributed by atoms with Crippen molar-refractivity contribution in [2.45, 2.75) is 32.6 Å². The lowest BCUT2D eigenvalue weighted by Gasteiger charge is -2.15. The Bertz CT molecular complexity index is 666. The Balaban J connectivity index is 2.02. The van der Waals surface area contributed by atoms with Gasteiger partial charge in [-0.2, -0.15) is 0 Å². The average Bonchev–Trinajstić information content (AvgIpc) is 2.62. The zero-order valence-corrected chi connectivity index (χ0v) is 14.2. The molecule has 0 spiro atoms. The van der Waals surface area contributed by atoms with Crippen LogP contribution in [0.15, 0.2) is 54.6 Å². The Kier molecular flexibility index (Phi) is 6.55. The minimum Gasteiger partial charge on any atom is -0.352 e. The molecule has 1 unspecified atom stereocenters. The molecule has 24 heavy (non-hydrogen) atoms. The fourth-order valence-electron chi connectivity index (χ4n) is 2.53. The van der Waals surface area contributed by atoms with Crippen molar-refractivity contribution in [1.82, 2.24) is 5.32 Å². The van der Waals surface area contributed by atoms with Crippen molar-refractivity contribution < 1.29 is 9.59 Å². The van der Waals surface area contributed by atoms with E-state index in [0.29, 0.717) is 17.8 Å². The summed E-state index contributed by atoms with van der Waals surface area (Å²) in [7, 11) is 0. The summed E-state index contributed by atoms with van der Waals surface area (Å²) < 4.78 is 0. The second-order valence-corrected chi connectivity index (χ2v) is 5.69. The average molecular weight is 324 g/mol. The summed E-state index contributed by atoms with van der Waals surface area (Å²) in [5.74, 6) is -0.309. The second kappa shape index (κ2) is 8.87. The van der Waals surface area contributed by atoms with Gasteiger partial charge in [0.15, 0.2) is 0 Å². The molecule has 0 aliphatic carbocycles. The maximum absolute atomic E-state index is 12.5. The van der Waals surface area contributed by atoms with Gasteiger partial charge in [-0.1, -0.05) is 44.2 Å². The third kappa shape index (κ3) is 4.69. The number of benzene rings is 2. The molecular weight excluding hydrogens is 300 g/mol. The monoisotopic (exact) mass is 324 g/mol. The minimum absolute atomic E-state index is 0.0353. The van der Waals surface area contributed by atoms with Crippen LogP contribution < -0.4 is 10.6 Å². The quantitative estimate of drug-likeness (QED) is 0.810. The van der Waals surface area contributed by atoms with Crippen LogP contribution in [0.1, 0.15) is 48.5 Å². The van der Waals surface area contributed by atoms with E-state index >= 15 is 0 Å². The van der Waals surface area contributed by atoms with Crippen molar-refractivity contribution in [2.24, 2.45) is 0 Å². The molecule has 0 radical (unpaired) electrons. The maximum atomic E-state index is 12.5. The Labute approximate surface area is 143 Å². The first-order valence-corrected chi connectivity index (χ1v) is 8.39. The van der Waals surface area contributed by atoms with E-state index in [1.54, 1.807) is 24.3 Å². The molecule has 2 aromatic rings. The lowest BCUT2D eigenvalue weighted by atomic mass is 9.95. The number of hydrogen-bond acceptors (Lipinski definition) is 2. The molecule has 4 heteroatoms. The third-order valence-corrected chi connectivity index (χ3v) is 3.88. The molecular formula is C20H24N2O2. The van der Waals surface area contributed by atoms with Crippen molar-refractivity contribution in [1.29, 1.82) is 0 Å². The van der Waals surface area contributed by atoms with Crippen LogP contribution >= 0.6 is 0 Å². The highest BCUT2D eigenvalue weighted by Crippen LogP contribution is 2.21. The van der Waals surface area contributed by atoms with Crippen molar-refractivity contribution in [3.63, 3.8) is 0 Å². The molecule has 0 saturated carbocycles. The molecule has 4 nitrogen and oxygen atoms in total. The van der Waals surface area contributed by atoms with Crippen LogP contribution in [0.5, 0.6) is 0 Å². The smallest absolute Gasteiger partial charge is 0.251 e. The molecule has 2 aromatic carbocycles. The molecule has 0 bridgehead atoms. The lowest BCUT2D eigenvalue weighted by molar-refractivity contribution is -0.117. The Morgan fingerprint density at radius 2 is 1.62 bits per heavy atom. The maximum Gasteiger partial charge on any atom is 0.251 e. The van der Waals surface area contributed by atoms with E-state index in [0.717, 1.165) is 18.4 Å². The summed E-state index contributed by atoms with van der Waals surface area (Å²) in [6.07, 6.45) is 1.63. The largest absolute Gasteiger partial charge is 0.352 e. The number of amides is 2. The van der Waals surface area contributed by atoms with Gasteiger partial charge in [0.25, 0.3) is 5.91 Å². The summed E-state index contributed by atoms with van der Waals surface area (Å²) in [6, 6.07) is 16.7. The van der Waals surface area contributed by atoms with Gasteiger partial charge in [0.1, 0.15) is 0 Å². The number of hydrogen-bond donors (Lipinski definition) is 2.